The molecule has 0 spiro atoms. The molecule has 0 unspecified atom stereocenters. The van der Waals surface area contributed by atoms with Gasteiger partial charge in [-0.25, -0.2) is 4.98 Å². The van der Waals surface area contributed by atoms with Crippen LogP contribution < -0.4 is 15.4 Å². The van der Waals surface area contributed by atoms with Crippen LogP contribution >= 0.6 is 23.2 Å². The van der Waals surface area contributed by atoms with Crippen LogP contribution in [0.4, 0.5) is 13.2 Å². The van der Waals surface area contributed by atoms with Crippen molar-refractivity contribution in [1.82, 2.24) is 30.0 Å². The van der Waals surface area contributed by atoms with Gasteiger partial charge in [-0.15, -0.1) is 0 Å². The zero-order valence-electron chi connectivity index (χ0n) is 35.4. The zero-order valence-corrected chi connectivity index (χ0v) is 36.9. The molecular formula is C45H55Cl2F3N6O6. The van der Waals surface area contributed by atoms with Crippen LogP contribution in [0.5, 0.6) is 11.5 Å². The second kappa shape index (κ2) is 21.6. The van der Waals surface area contributed by atoms with Crippen LogP contribution in [0.1, 0.15) is 56.0 Å². The summed E-state index contributed by atoms with van der Waals surface area (Å²) in [5, 5.41) is 26.4. The number of hydrogen-bond donors (Lipinski definition) is 4. The van der Waals surface area contributed by atoms with Crippen molar-refractivity contribution < 1.29 is 42.5 Å². The summed E-state index contributed by atoms with van der Waals surface area (Å²) in [5.74, 6) is -2.17. The van der Waals surface area contributed by atoms with E-state index < -0.39 is 66.8 Å². The molecule has 17 heteroatoms. The fraction of sp³-hybridized carbons (Fsp3) is 0.467. The molecule has 4 atom stereocenters. The van der Waals surface area contributed by atoms with Crippen molar-refractivity contribution in [3.63, 3.8) is 0 Å². The summed E-state index contributed by atoms with van der Waals surface area (Å²) in [7, 11) is 5.96. The second-order valence-electron chi connectivity index (χ2n) is 16.6. The van der Waals surface area contributed by atoms with Crippen LogP contribution in [0.3, 0.4) is 0 Å². The topological polar surface area (TPSA) is 149 Å². The van der Waals surface area contributed by atoms with E-state index >= 15 is 0 Å². The molecule has 4 aromatic rings. The highest BCUT2D eigenvalue weighted by Gasteiger charge is 2.41. The number of aliphatic hydroxyl groups is 1. The molecule has 0 radical (unpaired) electrons. The molecule has 5 rings (SSSR count). The standard InChI is InChI=1S/C45H55Cl2F3N6O6/c1-29(6-9-33-10-15-35(47)21-39(33)62-36-16-11-32(12-17-36)38-24-51-40(55(38)4)26-54(2)3)42(60)52-37(27-57)43(61)53-44(22-30-7-13-34(46)14-8-30)18-5-19-56(28-44)25-31(20-41(58)59)23-45(48,49)50/h7-8,10-17,21,24,29,31,37,57H,5-6,9,18-20,22-23,25-28H2,1-4H3,(H,52,60)(H,53,61)(H,58,59)/t29-,31+,37+,44-/m1/s1. The van der Waals surface area contributed by atoms with E-state index in [1.54, 1.807) is 48.2 Å². The normalized spacial score (nSPS) is 17.3. The Labute approximate surface area is 370 Å². The quantitative estimate of drug-likeness (QED) is 0.0707. The molecule has 1 aliphatic rings. The number of aryl methyl sites for hydroxylation is 1. The highest BCUT2D eigenvalue weighted by atomic mass is 35.5. The van der Waals surface area contributed by atoms with Crippen molar-refractivity contribution in [3.8, 4) is 22.8 Å². The van der Waals surface area contributed by atoms with Crippen molar-refractivity contribution in [1.29, 1.82) is 0 Å². The fourth-order valence-electron chi connectivity index (χ4n) is 7.96. The number of imidazole rings is 1. The first-order chi connectivity index (χ1) is 29.3. The molecule has 1 aliphatic heterocycles. The largest absolute Gasteiger partial charge is 0.481 e. The van der Waals surface area contributed by atoms with Crippen molar-refractivity contribution >= 4 is 41.0 Å². The number of nitrogens with one attached hydrogen (secondary N) is 2. The third kappa shape index (κ3) is 14.2. The fourth-order valence-corrected chi connectivity index (χ4v) is 8.25. The molecule has 12 nitrogen and oxygen atoms in total. The van der Waals surface area contributed by atoms with Crippen molar-refractivity contribution in [2.45, 2.75) is 76.2 Å². The van der Waals surface area contributed by atoms with Gasteiger partial charge in [-0.3, -0.25) is 14.4 Å². The van der Waals surface area contributed by atoms with E-state index in [9.17, 15) is 37.8 Å². The minimum absolute atomic E-state index is 0.121. The predicted octanol–water partition coefficient (Wildman–Crippen LogP) is 7.53. The van der Waals surface area contributed by atoms with Gasteiger partial charge in [0.1, 0.15) is 23.4 Å². The molecule has 336 valence electrons. The molecule has 2 heterocycles. The number of carbonyl (C=O) groups is 3. The number of aliphatic carboxylic acids is 1. The number of hydrogen-bond acceptors (Lipinski definition) is 8. The molecule has 0 saturated carbocycles. The minimum Gasteiger partial charge on any atom is -0.481 e. The van der Waals surface area contributed by atoms with Gasteiger partial charge in [-0.1, -0.05) is 48.3 Å². The summed E-state index contributed by atoms with van der Waals surface area (Å²) < 4.78 is 48.6. The van der Waals surface area contributed by atoms with E-state index in [0.717, 1.165) is 28.2 Å². The third-order valence-corrected chi connectivity index (χ3v) is 11.5. The minimum atomic E-state index is -4.55. The van der Waals surface area contributed by atoms with Gasteiger partial charge in [-0.05, 0) is 118 Å². The first-order valence-corrected chi connectivity index (χ1v) is 21.3. The number of alkyl halides is 3. The van der Waals surface area contributed by atoms with Crippen molar-refractivity contribution in [2.75, 3.05) is 40.3 Å². The van der Waals surface area contributed by atoms with Gasteiger partial charge in [0.2, 0.25) is 11.8 Å². The summed E-state index contributed by atoms with van der Waals surface area (Å²) in [5.41, 5.74) is 2.53. The van der Waals surface area contributed by atoms with Gasteiger partial charge >= 0.3 is 12.1 Å². The zero-order chi connectivity index (χ0) is 45.2. The number of aliphatic hydroxyl groups excluding tert-OH is 1. The highest BCUT2D eigenvalue weighted by Crippen LogP contribution is 2.33. The number of halogens is 5. The number of amides is 2. The Morgan fingerprint density at radius 2 is 1.71 bits per heavy atom. The lowest BCUT2D eigenvalue weighted by Gasteiger charge is -2.45. The molecule has 2 amide bonds. The molecule has 0 bridgehead atoms. The van der Waals surface area contributed by atoms with Gasteiger partial charge in [0, 0.05) is 54.5 Å². The Morgan fingerprint density at radius 1 is 1.02 bits per heavy atom. The van der Waals surface area contributed by atoms with E-state index in [1.807, 2.05) is 57.7 Å². The number of likely N-dealkylation sites (tertiary alicyclic amines) is 1. The van der Waals surface area contributed by atoms with E-state index in [2.05, 4.69) is 25.1 Å². The summed E-state index contributed by atoms with van der Waals surface area (Å²) in [6, 6.07) is 18.6. The average Bonchev–Trinajstić information content (AvgIpc) is 3.55. The smallest absolute Gasteiger partial charge is 0.389 e. The average molecular weight is 904 g/mol. The van der Waals surface area contributed by atoms with Crippen LogP contribution in [0.15, 0.2) is 72.9 Å². The number of carbonyl (C=O) groups excluding carboxylic acids is 2. The van der Waals surface area contributed by atoms with Crippen molar-refractivity contribution in [3.05, 3.63) is 99.9 Å². The number of benzene rings is 3. The molecule has 62 heavy (non-hydrogen) atoms. The highest BCUT2D eigenvalue weighted by molar-refractivity contribution is 6.31. The van der Waals surface area contributed by atoms with E-state index in [1.165, 1.54) is 0 Å². The number of aromatic nitrogens is 2. The Morgan fingerprint density at radius 3 is 2.35 bits per heavy atom. The Bertz CT molecular complexity index is 2140. The van der Waals surface area contributed by atoms with E-state index in [4.69, 9.17) is 27.9 Å². The van der Waals surface area contributed by atoms with E-state index in [-0.39, 0.29) is 19.5 Å². The van der Waals surface area contributed by atoms with Gasteiger partial charge in [0.05, 0.1) is 30.6 Å². The van der Waals surface area contributed by atoms with E-state index in [0.29, 0.717) is 60.3 Å². The van der Waals surface area contributed by atoms with Gasteiger partial charge in [0.15, 0.2) is 0 Å². The van der Waals surface area contributed by atoms with Crippen LogP contribution in [0.2, 0.25) is 10.0 Å². The predicted molar refractivity (Wildman–Crippen MR) is 232 cm³/mol. The molecular weight excluding hydrogens is 848 g/mol. The van der Waals surface area contributed by atoms with Crippen LogP contribution in [0.25, 0.3) is 11.3 Å². The lowest BCUT2D eigenvalue weighted by atomic mass is 9.82. The molecule has 3 aromatic carbocycles. The summed E-state index contributed by atoms with van der Waals surface area (Å²) in [6.07, 6.45) is -2.61. The van der Waals surface area contributed by atoms with Gasteiger partial charge < -0.3 is 40.0 Å². The number of ether oxygens (including phenoxy) is 1. The monoisotopic (exact) mass is 902 g/mol. The molecule has 1 fully saturated rings. The van der Waals surface area contributed by atoms with Gasteiger partial charge in [-0.2, -0.15) is 13.2 Å². The summed E-state index contributed by atoms with van der Waals surface area (Å²) >= 11 is 12.5. The maximum atomic E-state index is 13.9. The Hall–Kier alpha value is -4.67. The lowest BCUT2D eigenvalue weighted by molar-refractivity contribution is -0.152. The molecule has 1 aromatic heterocycles. The third-order valence-electron chi connectivity index (χ3n) is 11.1. The second-order valence-corrected chi connectivity index (χ2v) is 17.5. The lowest BCUT2D eigenvalue weighted by Crippen LogP contribution is -2.64. The SMILES string of the molecule is C[C@H](CCc1ccc(Cl)cc1Oc1ccc(-c2cnc(CN(C)C)n2C)cc1)C(=O)N[C@@H](CO)C(=O)N[C@@]1(Cc2ccc(Cl)cc2)CCCN(C[C@@H](CC(=O)O)CC(F)(F)F)C1. The maximum Gasteiger partial charge on any atom is 0.389 e. The number of carboxylic acid groups (broad SMARTS) is 1. The molecule has 0 aliphatic carbocycles. The maximum absolute atomic E-state index is 13.9. The molecule has 1 saturated heterocycles. The Balaban J connectivity index is 1.23. The molecule has 4 N–H and O–H groups in total. The first-order valence-electron chi connectivity index (χ1n) is 20.5. The van der Waals surface area contributed by atoms with Crippen molar-refractivity contribution in [2.24, 2.45) is 18.9 Å². The number of nitrogens with zero attached hydrogens (tertiary/aromatic N) is 4. The Kier molecular flexibility index (Phi) is 16.9. The summed E-state index contributed by atoms with van der Waals surface area (Å²) in [6.45, 7) is 2.10. The number of carboxylic acids is 1. The summed E-state index contributed by atoms with van der Waals surface area (Å²) in [4.78, 5) is 47.3. The van der Waals surface area contributed by atoms with Gasteiger partial charge in [0.25, 0.3) is 0 Å². The number of rotatable bonds is 20. The van der Waals surface area contributed by atoms with Crippen LogP contribution in [-0.4, -0.2) is 105 Å². The number of piperidine rings is 1. The first kappa shape index (κ1) is 48.4. The van der Waals surface area contributed by atoms with Crippen LogP contribution in [0, 0.1) is 11.8 Å². The van der Waals surface area contributed by atoms with Crippen LogP contribution in [-0.2, 0) is 40.8 Å².